The number of carboxylic acid groups (broad SMARTS) is 1. The van der Waals surface area contributed by atoms with Crippen LogP contribution in [0.25, 0.3) is 0 Å². The summed E-state index contributed by atoms with van der Waals surface area (Å²) in [6, 6.07) is 11.1. The van der Waals surface area contributed by atoms with E-state index in [0.29, 0.717) is 5.92 Å². The van der Waals surface area contributed by atoms with E-state index in [-0.39, 0.29) is 55.3 Å². The van der Waals surface area contributed by atoms with E-state index in [4.69, 9.17) is 9.84 Å². The molecule has 0 fully saturated rings. The third kappa shape index (κ3) is 7.66. The molecule has 2 aromatic rings. The Hall–Kier alpha value is -2.22. The van der Waals surface area contributed by atoms with E-state index in [0.717, 1.165) is 19.3 Å². The van der Waals surface area contributed by atoms with E-state index < -0.39 is 23.7 Å². The zero-order valence-electron chi connectivity index (χ0n) is 18.9. The molecule has 0 aromatic heterocycles. The molecule has 0 saturated carbocycles. The molecule has 0 unspecified atom stereocenters. The summed E-state index contributed by atoms with van der Waals surface area (Å²) in [6.45, 7) is 4.25. The van der Waals surface area contributed by atoms with E-state index >= 15 is 0 Å². The number of nitrogens with one attached hydrogen (secondary N) is 1. The van der Waals surface area contributed by atoms with Crippen LogP contribution in [-0.4, -0.2) is 41.0 Å². The van der Waals surface area contributed by atoms with Gasteiger partial charge in [-0.2, -0.15) is 4.39 Å². The molecular weight excluding hydrogens is 452 g/mol. The van der Waals surface area contributed by atoms with Crippen LogP contribution in [0.1, 0.15) is 43.4 Å². The molecule has 8 heteroatoms. The average molecular weight is 484 g/mol. The Kier molecular flexibility index (Phi) is 9.64. The van der Waals surface area contributed by atoms with Crippen molar-refractivity contribution in [2.24, 2.45) is 5.92 Å². The molecule has 0 saturated heterocycles. The third-order valence-corrected chi connectivity index (χ3v) is 5.92. The quantitative estimate of drug-likeness (QED) is 0.443. The first-order valence-corrected chi connectivity index (χ1v) is 11.0. The average Bonchev–Trinajstić information content (AvgIpc) is 3.14. The van der Waals surface area contributed by atoms with Gasteiger partial charge in [0.15, 0.2) is 11.6 Å². The summed E-state index contributed by atoms with van der Waals surface area (Å²) in [4.78, 5) is 10.6. The van der Waals surface area contributed by atoms with Crippen LogP contribution >= 0.6 is 12.4 Å². The number of carboxylic acids is 1. The highest BCUT2D eigenvalue weighted by Crippen LogP contribution is 2.32. The van der Waals surface area contributed by atoms with Gasteiger partial charge in [0.05, 0.1) is 0 Å². The molecule has 1 aliphatic carbocycles. The minimum atomic E-state index is -1.17. The van der Waals surface area contributed by atoms with Crippen molar-refractivity contribution in [3.05, 3.63) is 64.7 Å². The molecule has 1 aliphatic rings. The maximum atomic E-state index is 14.2. The van der Waals surface area contributed by atoms with Crippen LogP contribution in [-0.2, 0) is 24.1 Å². The highest BCUT2D eigenvalue weighted by Gasteiger charge is 2.28. The van der Waals surface area contributed by atoms with Gasteiger partial charge in [-0.3, -0.25) is 4.79 Å². The molecule has 3 N–H and O–H groups in total. The second-order valence-corrected chi connectivity index (χ2v) is 9.22. The largest absolute Gasteiger partial charge is 0.488 e. The fourth-order valence-corrected chi connectivity index (χ4v) is 4.35. The zero-order chi connectivity index (χ0) is 23.3. The summed E-state index contributed by atoms with van der Waals surface area (Å²) in [5, 5.41) is 22.3. The lowest BCUT2D eigenvalue weighted by Gasteiger charge is -2.30. The monoisotopic (exact) mass is 483 g/mol. The maximum absolute atomic E-state index is 14.2. The normalized spacial score (nSPS) is 14.5. The molecule has 3 rings (SSSR count). The molecule has 33 heavy (non-hydrogen) atoms. The van der Waals surface area contributed by atoms with Crippen LogP contribution in [0.15, 0.2) is 36.4 Å². The summed E-state index contributed by atoms with van der Waals surface area (Å²) in [5.41, 5.74) is 2.60. The third-order valence-electron chi connectivity index (χ3n) is 5.92. The standard InChI is InChI=1S/C25H31F2NO4.ClH/c1-25(2,13-16-11-18-5-3-4-6-19(18)12-16)28-14-20(29)15-32-21-9-7-17(8-10-22(30)31)23(26)24(21)27;/h3-7,9,16,20,28-29H,8,10-15H2,1-2H3,(H,30,31);1H/t20-;/m1./s1. The van der Waals surface area contributed by atoms with Crippen molar-refractivity contribution in [1.82, 2.24) is 5.32 Å². The number of halogens is 3. The maximum Gasteiger partial charge on any atom is 0.303 e. The van der Waals surface area contributed by atoms with Gasteiger partial charge < -0.3 is 20.3 Å². The number of fused-ring (bicyclic) bond motifs is 1. The van der Waals surface area contributed by atoms with Crippen LogP contribution in [0.5, 0.6) is 5.75 Å². The van der Waals surface area contributed by atoms with E-state index in [9.17, 15) is 18.7 Å². The van der Waals surface area contributed by atoms with Crippen LogP contribution < -0.4 is 10.1 Å². The highest BCUT2D eigenvalue weighted by molar-refractivity contribution is 5.85. The van der Waals surface area contributed by atoms with Crippen molar-refractivity contribution >= 4 is 18.4 Å². The number of aliphatic hydroxyl groups is 1. The number of β-amino-alcohol motifs (C(OH)–C–C–N with tert-alkyl or cyclic N) is 1. The van der Waals surface area contributed by atoms with E-state index in [1.165, 1.54) is 23.3 Å². The number of aliphatic carboxylic acids is 1. The second kappa shape index (κ2) is 11.8. The summed E-state index contributed by atoms with van der Waals surface area (Å²) < 4.78 is 33.6. The smallest absolute Gasteiger partial charge is 0.303 e. The molecule has 182 valence electrons. The lowest BCUT2D eigenvalue weighted by atomic mass is 9.88. The Labute approximate surface area is 199 Å². The number of aliphatic hydroxyl groups excluding tert-OH is 1. The van der Waals surface area contributed by atoms with Gasteiger partial charge in [0.25, 0.3) is 0 Å². The zero-order valence-corrected chi connectivity index (χ0v) is 19.8. The lowest BCUT2D eigenvalue weighted by molar-refractivity contribution is -0.136. The van der Waals surface area contributed by atoms with E-state index in [1.807, 2.05) is 0 Å². The number of carbonyl (C=O) groups is 1. The number of ether oxygens (including phenoxy) is 1. The molecule has 5 nitrogen and oxygen atoms in total. The minimum Gasteiger partial charge on any atom is -0.488 e. The summed E-state index contributed by atoms with van der Waals surface area (Å²) in [6.07, 6.45) is 1.77. The number of hydrogen-bond donors (Lipinski definition) is 3. The molecular formula is C25H32ClF2NO4. The Morgan fingerprint density at radius 1 is 1.15 bits per heavy atom. The molecule has 0 amide bonds. The van der Waals surface area contributed by atoms with Crippen LogP contribution in [0, 0.1) is 17.6 Å². The first-order chi connectivity index (χ1) is 15.1. The van der Waals surface area contributed by atoms with Gasteiger partial charge in [0.1, 0.15) is 12.7 Å². The predicted octanol–water partition coefficient (Wildman–Crippen LogP) is 4.32. The number of rotatable bonds is 11. The first-order valence-electron chi connectivity index (χ1n) is 11.0. The van der Waals surface area contributed by atoms with E-state index in [1.54, 1.807) is 0 Å². The number of hydrogen-bond acceptors (Lipinski definition) is 4. The molecule has 2 aromatic carbocycles. The number of benzene rings is 2. The Balaban J connectivity index is 0.00000385. The first kappa shape index (κ1) is 27.0. The lowest BCUT2D eigenvalue weighted by Crippen LogP contribution is -2.46. The van der Waals surface area contributed by atoms with Crippen molar-refractivity contribution in [3.8, 4) is 5.75 Å². The summed E-state index contributed by atoms with van der Waals surface area (Å²) >= 11 is 0. The van der Waals surface area contributed by atoms with Crippen molar-refractivity contribution in [1.29, 1.82) is 0 Å². The summed E-state index contributed by atoms with van der Waals surface area (Å²) in [5.74, 6) is -3.13. The van der Waals surface area contributed by atoms with Gasteiger partial charge in [0.2, 0.25) is 5.82 Å². The van der Waals surface area contributed by atoms with Crippen molar-refractivity contribution in [2.75, 3.05) is 13.2 Å². The minimum absolute atomic E-state index is 0. The number of aryl methyl sites for hydroxylation is 1. The molecule has 0 aliphatic heterocycles. The van der Waals surface area contributed by atoms with Crippen LogP contribution in [0.3, 0.4) is 0 Å². The van der Waals surface area contributed by atoms with Gasteiger partial charge in [0, 0.05) is 18.5 Å². The van der Waals surface area contributed by atoms with Crippen molar-refractivity contribution < 1.29 is 28.5 Å². The molecule has 0 bridgehead atoms. The van der Waals surface area contributed by atoms with Gasteiger partial charge in [-0.25, -0.2) is 4.39 Å². The highest BCUT2D eigenvalue weighted by atomic mass is 35.5. The molecule has 0 radical (unpaired) electrons. The van der Waals surface area contributed by atoms with E-state index in [2.05, 4.69) is 43.4 Å². The fraction of sp³-hybridized carbons (Fsp3) is 0.480. The van der Waals surface area contributed by atoms with Gasteiger partial charge >= 0.3 is 5.97 Å². The molecule has 0 spiro atoms. The fourth-order valence-electron chi connectivity index (χ4n) is 4.35. The second-order valence-electron chi connectivity index (χ2n) is 9.22. The Morgan fingerprint density at radius 2 is 1.79 bits per heavy atom. The van der Waals surface area contributed by atoms with Crippen LogP contribution in [0.2, 0.25) is 0 Å². The van der Waals surface area contributed by atoms with Gasteiger partial charge in [-0.05, 0) is 68.2 Å². The Morgan fingerprint density at radius 3 is 2.39 bits per heavy atom. The Bertz CT molecular complexity index is 929. The SMILES string of the molecule is CC(C)(CC1Cc2ccccc2C1)NC[C@@H](O)COc1ccc(CCC(=O)O)c(F)c1F.Cl. The van der Waals surface area contributed by atoms with Gasteiger partial charge in [-0.15, -0.1) is 12.4 Å². The van der Waals surface area contributed by atoms with Gasteiger partial charge in [-0.1, -0.05) is 30.3 Å². The topological polar surface area (TPSA) is 78.8 Å². The van der Waals surface area contributed by atoms with Crippen LogP contribution in [0.4, 0.5) is 8.78 Å². The van der Waals surface area contributed by atoms with Crippen molar-refractivity contribution in [3.63, 3.8) is 0 Å². The summed E-state index contributed by atoms with van der Waals surface area (Å²) in [7, 11) is 0. The molecule has 1 atom stereocenters. The predicted molar refractivity (Wildman–Crippen MR) is 125 cm³/mol. The molecule has 0 heterocycles. The van der Waals surface area contributed by atoms with Crippen molar-refractivity contribution in [2.45, 2.75) is 57.6 Å².